The van der Waals surface area contributed by atoms with Gasteiger partial charge in [0.05, 0.1) is 5.52 Å². The van der Waals surface area contributed by atoms with Gasteiger partial charge < -0.3 is 9.47 Å². The van der Waals surface area contributed by atoms with E-state index in [1.807, 2.05) is 86.6 Å². The van der Waals surface area contributed by atoms with E-state index in [0.29, 0.717) is 5.75 Å². The Morgan fingerprint density at radius 1 is 0.636 bits per heavy atom. The highest BCUT2D eigenvalue weighted by atomic mass is 19.1. The molecule has 0 saturated carbocycles. The summed E-state index contributed by atoms with van der Waals surface area (Å²) in [6, 6.07) is 28.0. The maximum absolute atomic E-state index is 15.0. The molecule has 4 heteroatoms. The fourth-order valence-corrected chi connectivity index (χ4v) is 3.69. The van der Waals surface area contributed by atoms with E-state index in [4.69, 9.17) is 9.47 Å². The quantitative estimate of drug-likeness (QED) is 0.278. The first-order chi connectivity index (χ1) is 16.1. The number of nitrogens with zero attached hydrogens (tertiary/aromatic N) is 1. The van der Waals surface area contributed by atoms with E-state index in [0.717, 1.165) is 44.7 Å². The van der Waals surface area contributed by atoms with Gasteiger partial charge in [-0.25, -0.2) is 4.39 Å². The molecule has 162 valence electrons. The number of fused-ring (bicyclic) bond motifs is 1. The second-order valence-electron chi connectivity index (χ2n) is 7.95. The molecule has 0 bridgehead atoms. The van der Waals surface area contributed by atoms with Crippen LogP contribution in [0.5, 0.6) is 23.0 Å². The highest BCUT2D eigenvalue weighted by Crippen LogP contribution is 2.34. The molecule has 1 heterocycles. The highest BCUT2D eigenvalue weighted by molar-refractivity contribution is 5.86. The van der Waals surface area contributed by atoms with E-state index in [1.54, 1.807) is 18.3 Å². The Balaban J connectivity index is 1.38. The van der Waals surface area contributed by atoms with Gasteiger partial charge in [-0.15, -0.1) is 0 Å². The van der Waals surface area contributed by atoms with Crippen molar-refractivity contribution in [1.82, 2.24) is 4.98 Å². The lowest BCUT2D eigenvalue weighted by Gasteiger charge is -2.12. The van der Waals surface area contributed by atoms with Crippen LogP contribution in [0.25, 0.3) is 22.0 Å². The third-order valence-corrected chi connectivity index (χ3v) is 5.64. The first-order valence-electron chi connectivity index (χ1n) is 10.7. The Kier molecular flexibility index (Phi) is 5.49. The van der Waals surface area contributed by atoms with Gasteiger partial charge in [0.15, 0.2) is 11.6 Å². The van der Waals surface area contributed by atoms with E-state index >= 15 is 0 Å². The van der Waals surface area contributed by atoms with Gasteiger partial charge >= 0.3 is 0 Å². The topological polar surface area (TPSA) is 31.4 Å². The summed E-state index contributed by atoms with van der Waals surface area (Å²) in [5, 5.41) is 0.859. The summed E-state index contributed by atoms with van der Waals surface area (Å²) < 4.78 is 26.8. The van der Waals surface area contributed by atoms with Gasteiger partial charge in [-0.2, -0.15) is 0 Å². The molecule has 0 spiro atoms. The molecule has 0 saturated heterocycles. The maximum Gasteiger partial charge on any atom is 0.166 e. The fraction of sp³-hybridized carbons (Fsp3) is 0.0690. The number of ether oxygens (including phenoxy) is 2. The van der Waals surface area contributed by atoms with Crippen molar-refractivity contribution in [3.63, 3.8) is 0 Å². The average molecular weight is 435 g/mol. The van der Waals surface area contributed by atoms with Crippen LogP contribution in [0.3, 0.4) is 0 Å². The Morgan fingerprint density at radius 2 is 1.33 bits per heavy atom. The van der Waals surface area contributed by atoms with Crippen molar-refractivity contribution in [1.29, 1.82) is 0 Å². The summed E-state index contributed by atoms with van der Waals surface area (Å²) in [7, 11) is 0. The summed E-state index contributed by atoms with van der Waals surface area (Å²) in [5.41, 5.74) is 4.77. The Hall–Kier alpha value is -4.18. The molecule has 5 rings (SSSR count). The van der Waals surface area contributed by atoms with Crippen molar-refractivity contribution in [2.75, 3.05) is 0 Å². The minimum absolute atomic E-state index is 0.175. The van der Waals surface area contributed by atoms with Crippen LogP contribution >= 0.6 is 0 Å². The van der Waals surface area contributed by atoms with Crippen LogP contribution in [0.1, 0.15) is 11.1 Å². The normalized spacial score (nSPS) is 10.9. The van der Waals surface area contributed by atoms with Crippen LogP contribution in [0.15, 0.2) is 97.2 Å². The molecular weight excluding hydrogens is 413 g/mol. The Morgan fingerprint density at radius 3 is 2.09 bits per heavy atom. The van der Waals surface area contributed by atoms with E-state index in [9.17, 15) is 4.39 Å². The number of hydrogen-bond donors (Lipinski definition) is 0. The minimum atomic E-state index is -0.425. The molecule has 0 aliphatic rings. The van der Waals surface area contributed by atoms with Crippen LogP contribution in [0.4, 0.5) is 4.39 Å². The summed E-state index contributed by atoms with van der Waals surface area (Å²) in [6.07, 6.45) is 1.68. The molecule has 0 radical (unpaired) electrons. The predicted molar refractivity (Wildman–Crippen MR) is 130 cm³/mol. The first-order valence-corrected chi connectivity index (χ1v) is 10.7. The summed E-state index contributed by atoms with van der Waals surface area (Å²) >= 11 is 0. The molecule has 0 amide bonds. The van der Waals surface area contributed by atoms with E-state index in [2.05, 4.69) is 4.98 Å². The van der Waals surface area contributed by atoms with Crippen LogP contribution in [0, 0.1) is 19.7 Å². The third kappa shape index (κ3) is 4.41. The van der Waals surface area contributed by atoms with E-state index in [1.165, 1.54) is 6.07 Å². The number of aryl methyl sites for hydroxylation is 2. The Labute approximate surface area is 192 Å². The molecule has 1 aromatic heterocycles. The number of benzene rings is 4. The van der Waals surface area contributed by atoms with Gasteiger partial charge in [0.25, 0.3) is 0 Å². The SMILES string of the molecule is Cc1cc2nccc(Oc3ccc(-c4ccc(Oc5ccccc5)cc4)cc3F)c2cc1C. The average Bonchev–Trinajstić information content (AvgIpc) is 2.83. The maximum atomic E-state index is 15.0. The van der Waals surface area contributed by atoms with Crippen molar-refractivity contribution >= 4 is 10.9 Å². The molecule has 0 fully saturated rings. The van der Waals surface area contributed by atoms with Crippen molar-refractivity contribution < 1.29 is 13.9 Å². The van der Waals surface area contributed by atoms with Gasteiger partial charge in [0.2, 0.25) is 0 Å². The third-order valence-electron chi connectivity index (χ3n) is 5.64. The fourth-order valence-electron chi connectivity index (χ4n) is 3.69. The monoisotopic (exact) mass is 435 g/mol. The number of halogens is 1. The van der Waals surface area contributed by atoms with E-state index in [-0.39, 0.29) is 5.75 Å². The largest absolute Gasteiger partial charge is 0.457 e. The van der Waals surface area contributed by atoms with Gasteiger partial charge in [0.1, 0.15) is 17.2 Å². The van der Waals surface area contributed by atoms with Gasteiger partial charge in [-0.1, -0.05) is 36.4 Å². The molecule has 0 atom stereocenters. The van der Waals surface area contributed by atoms with Gasteiger partial charge in [-0.05, 0) is 90.7 Å². The standard InChI is InChI=1S/C29H22FNO2/c1-19-16-25-27(17-20(19)2)31-15-14-28(25)33-29-13-10-22(18-26(29)30)21-8-11-24(12-9-21)32-23-6-4-3-5-7-23/h3-18H,1-2H3. The van der Waals surface area contributed by atoms with Crippen LogP contribution in [0.2, 0.25) is 0 Å². The van der Waals surface area contributed by atoms with Crippen molar-refractivity contribution in [2.24, 2.45) is 0 Å². The molecule has 5 aromatic rings. The molecule has 0 aliphatic heterocycles. The number of pyridine rings is 1. The number of aromatic nitrogens is 1. The molecule has 0 unspecified atom stereocenters. The zero-order valence-corrected chi connectivity index (χ0v) is 18.4. The summed E-state index contributed by atoms with van der Waals surface area (Å²) in [5.74, 6) is 1.82. The lowest BCUT2D eigenvalue weighted by Crippen LogP contribution is -1.93. The molecule has 0 N–H and O–H groups in total. The first kappa shape index (κ1) is 20.7. The molecule has 33 heavy (non-hydrogen) atoms. The van der Waals surface area contributed by atoms with Crippen LogP contribution < -0.4 is 9.47 Å². The summed E-state index contributed by atoms with van der Waals surface area (Å²) in [6.45, 7) is 4.08. The molecule has 0 aliphatic carbocycles. The predicted octanol–water partition coefficient (Wildman–Crippen LogP) is 8.24. The minimum Gasteiger partial charge on any atom is -0.457 e. The molecule has 4 aromatic carbocycles. The smallest absolute Gasteiger partial charge is 0.166 e. The number of para-hydroxylation sites is 1. The lowest BCUT2D eigenvalue weighted by atomic mass is 10.0. The second kappa shape index (κ2) is 8.75. The Bertz CT molecular complexity index is 1430. The van der Waals surface area contributed by atoms with E-state index < -0.39 is 5.82 Å². The number of hydrogen-bond acceptors (Lipinski definition) is 3. The number of rotatable bonds is 5. The van der Waals surface area contributed by atoms with Gasteiger partial charge in [-0.3, -0.25) is 4.98 Å². The van der Waals surface area contributed by atoms with Crippen molar-refractivity contribution in [2.45, 2.75) is 13.8 Å². The summed E-state index contributed by atoms with van der Waals surface area (Å²) in [4.78, 5) is 4.41. The molecule has 3 nitrogen and oxygen atoms in total. The van der Waals surface area contributed by atoms with Crippen molar-refractivity contribution in [3.05, 3.63) is 114 Å². The second-order valence-corrected chi connectivity index (χ2v) is 7.95. The lowest BCUT2D eigenvalue weighted by molar-refractivity contribution is 0.446. The zero-order chi connectivity index (χ0) is 22.8. The van der Waals surface area contributed by atoms with Gasteiger partial charge in [0, 0.05) is 11.6 Å². The van der Waals surface area contributed by atoms with Crippen molar-refractivity contribution in [3.8, 4) is 34.1 Å². The highest BCUT2D eigenvalue weighted by Gasteiger charge is 2.11. The molecular formula is C29H22FNO2. The van der Waals surface area contributed by atoms with Crippen LogP contribution in [-0.4, -0.2) is 4.98 Å². The van der Waals surface area contributed by atoms with Crippen LogP contribution in [-0.2, 0) is 0 Å². The zero-order valence-electron chi connectivity index (χ0n) is 18.4.